The van der Waals surface area contributed by atoms with Crippen molar-refractivity contribution < 1.29 is 9.18 Å². The fourth-order valence-corrected chi connectivity index (χ4v) is 3.00. The maximum atomic E-state index is 13.6. The Morgan fingerprint density at radius 2 is 2.27 bits per heavy atom. The first-order chi connectivity index (χ1) is 10.6. The molecule has 0 saturated carbocycles. The number of amides is 1. The molecule has 2 aromatic rings. The van der Waals surface area contributed by atoms with Gasteiger partial charge in [-0.2, -0.15) is 0 Å². The molecule has 0 fully saturated rings. The maximum absolute atomic E-state index is 13.6. The number of anilines is 3. The molecule has 1 amide bonds. The Morgan fingerprint density at radius 1 is 1.41 bits per heavy atom. The summed E-state index contributed by atoms with van der Waals surface area (Å²) in [6, 6.07) is 4.68. The second-order valence-corrected chi connectivity index (χ2v) is 5.95. The van der Waals surface area contributed by atoms with E-state index in [0.29, 0.717) is 11.7 Å². The quantitative estimate of drug-likeness (QED) is 0.936. The molecule has 0 unspecified atom stereocenters. The zero-order valence-corrected chi connectivity index (χ0v) is 12.9. The number of halogens is 1. The van der Waals surface area contributed by atoms with Crippen molar-refractivity contribution in [1.29, 1.82) is 0 Å². The molecule has 116 valence electrons. The van der Waals surface area contributed by atoms with Crippen molar-refractivity contribution in [2.75, 3.05) is 41.8 Å². The van der Waals surface area contributed by atoms with Gasteiger partial charge in [0.2, 0.25) is 11.0 Å². The van der Waals surface area contributed by atoms with Crippen molar-refractivity contribution in [1.82, 2.24) is 10.2 Å². The van der Waals surface area contributed by atoms with Gasteiger partial charge in [0.1, 0.15) is 11.3 Å². The standard InChI is InChI=1S/C14H16FN5OS/c1-19-5-2-6-20(12-7-10(15)3-4-11(12)19)8-13(21)17-14-18-16-9-22-14/h3-4,7,9H,2,5-6,8H2,1H3,(H,17,18,21). The Kier molecular flexibility index (Phi) is 4.19. The number of aromatic nitrogens is 2. The summed E-state index contributed by atoms with van der Waals surface area (Å²) < 4.78 is 13.6. The smallest absolute Gasteiger partial charge is 0.245 e. The van der Waals surface area contributed by atoms with E-state index in [9.17, 15) is 9.18 Å². The first-order valence-corrected chi connectivity index (χ1v) is 7.83. The van der Waals surface area contributed by atoms with E-state index in [2.05, 4.69) is 20.4 Å². The molecule has 0 saturated heterocycles. The van der Waals surface area contributed by atoms with Crippen LogP contribution in [-0.2, 0) is 4.79 Å². The van der Waals surface area contributed by atoms with Gasteiger partial charge < -0.3 is 9.80 Å². The number of nitrogens with zero attached hydrogens (tertiary/aromatic N) is 4. The second-order valence-electron chi connectivity index (χ2n) is 5.12. The molecule has 0 atom stereocenters. The minimum atomic E-state index is -0.302. The molecular formula is C14H16FN5OS. The van der Waals surface area contributed by atoms with Gasteiger partial charge in [-0.3, -0.25) is 10.1 Å². The monoisotopic (exact) mass is 321 g/mol. The van der Waals surface area contributed by atoms with Crippen molar-refractivity contribution in [2.24, 2.45) is 0 Å². The highest BCUT2D eigenvalue weighted by molar-refractivity contribution is 7.13. The van der Waals surface area contributed by atoms with Gasteiger partial charge in [-0.15, -0.1) is 10.2 Å². The van der Waals surface area contributed by atoms with Gasteiger partial charge in [0, 0.05) is 20.1 Å². The van der Waals surface area contributed by atoms with Crippen LogP contribution >= 0.6 is 11.3 Å². The number of carbonyl (C=O) groups is 1. The number of fused-ring (bicyclic) bond motifs is 1. The van der Waals surface area contributed by atoms with Crippen LogP contribution in [0.15, 0.2) is 23.7 Å². The van der Waals surface area contributed by atoms with Gasteiger partial charge in [0.15, 0.2) is 0 Å². The summed E-state index contributed by atoms with van der Waals surface area (Å²) in [6.45, 7) is 1.72. The van der Waals surface area contributed by atoms with Crippen molar-refractivity contribution in [3.05, 3.63) is 29.5 Å². The molecule has 2 heterocycles. The van der Waals surface area contributed by atoms with Gasteiger partial charge >= 0.3 is 0 Å². The molecule has 6 nitrogen and oxygen atoms in total. The molecule has 0 aliphatic carbocycles. The number of nitrogens with one attached hydrogen (secondary N) is 1. The average molecular weight is 321 g/mol. The Balaban J connectivity index is 1.79. The highest BCUT2D eigenvalue weighted by Crippen LogP contribution is 2.32. The Hall–Kier alpha value is -2.22. The predicted octanol–water partition coefficient (Wildman–Crippen LogP) is 1.96. The Morgan fingerprint density at radius 3 is 3.05 bits per heavy atom. The average Bonchev–Trinajstić information content (AvgIpc) is 2.93. The van der Waals surface area contributed by atoms with E-state index in [0.717, 1.165) is 24.3 Å². The number of hydrogen-bond acceptors (Lipinski definition) is 6. The largest absolute Gasteiger partial charge is 0.373 e. The van der Waals surface area contributed by atoms with E-state index in [-0.39, 0.29) is 18.3 Å². The van der Waals surface area contributed by atoms with E-state index in [4.69, 9.17) is 0 Å². The van der Waals surface area contributed by atoms with Crippen LogP contribution in [0.2, 0.25) is 0 Å². The lowest BCUT2D eigenvalue weighted by molar-refractivity contribution is -0.115. The SMILES string of the molecule is CN1CCCN(CC(=O)Nc2nncs2)c2cc(F)ccc21. The van der Waals surface area contributed by atoms with Crippen LogP contribution in [0.1, 0.15) is 6.42 Å². The van der Waals surface area contributed by atoms with Gasteiger partial charge in [-0.1, -0.05) is 11.3 Å². The van der Waals surface area contributed by atoms with Crippen molar-refractivity contribution in [3.63, 3.8) is 0 Å². The lowest BCUT2D eigenvalue weighted by Crippen LogP contribution is -2.33. The molecule has 1 aromatic heterocycles. The number of hydrogen-bond donors (Lipinski definition) is 1. The van der Waals surface area contributed by atoms with E-state index in [1.54, 1.807) is 11.6 Å². The van der Waals surface area contributed by atoms with Crippen LogP contribution in [0.25, 0.3) is 0 Å². The summed E-state index contributed by atoms with van der Waals surface area (Å²) in [5, 5.41) is 10.6. The number of carbonyl (C=O) groups excluding carboxylic acids is 1. The first kappa shape index (κ1) is 14.7. The van der Waals surface area contributed by atoms with Crippen LogP contribution in [-0.4, -0.2) is 42.8 Å². The van der Waals surface area contributed by atoms with Gasteiger partial charge in [-0.25, -0.2) is 4.39 Å². The maximum Gasteiger partial charge on any atom is 0.245 e. The van der Waals surface area contributed by atoms with Gasteiger partial charge in [0.05, 0.1) is 17.9 Å². The van der Waals surface area contributed by atoms with Gasteiger partial charge in [-0.05, 0) is 24.6 Å². The minimum Gasteiger partial charge on any atom is -0.373 e. The predicted molar refractivity (Wildman–Crippen MR) is 85.0 cm³/mol. The lowest BCUT2D eigenvalue weighted by atomic mass is 10.2. The zero-order valence-electron chi connectivity index (χ0n) is 12.1. The molecular weight excluding hydrogens is 305 g/mol. The fourth-order valence-electron chi connectivity index (χ4n) is 2.54. The zero-order chi connectivity index (χ0) is 15.5. The molecule has 1 N–H and O–H groups in total. The highest BCUT2D eigenvalue weighted by atomic mass is 32.1. The van der Waals surface area contributed by atoms with E-state index < -0.39 is 0 Å². The highest BCUT2D eigenvalue weighted by Gasteiger charge is 2.21. The summed E-state index contributed by atoms with van der Waals surface area (Å²) >= 11 is 1.26. The molecule has 3 rings (SSSR count). The van der Waals surface area contributed by atoms with Crippen molar-refractivity contribution in [3.8, 4) is 0 Å². The van der Waals surface area contributed by atoms with E-state index in [1.807, 2.05) is 11.9 Å². The second kappa shape index (κ2) is 6.27. The molecule has 1 aliphatic rings. The van der Waals surface area contributed by atoms with Crippen LogP contribution in [0, 0.1) is 5.82 Å². The third-order valence-corrected chi connectivity index (χ3v) is 4.16. The molecule has 0 bridgehead atoms. The van der Waals surface area contributed by atoms with Crippen LogP contribution in [0.4, 0.5) is 20.9 Å². The van der Waals surface area contributed by atoms with E-state index >= 15 is 0 Å². The normalized spacial score (nSPS) is 14.5. The summed E-state index contributed by atoms with van der Waals surface area (Å²) in [5.41, 5.74) is 3.23. The molecule has 8 heteroatoms. The molecule has 1 aromatic carbocycles. The van der Waals surface area contributed by atoms with E-state index in [1.165, 1.54) is 23.5 Å². The minimum absolute atomic E-state index is 0.157. The summed E-state index contributed by atoms with van der Waals surface area (Å²) in [5.74, 6) is -0.486. The van der Waals surface area contributed by atoms with Crippen molar-refractivity contribution >= 4 is 33.8 Å². The Labute approximate surface area is 131 Å². The summed E-state index contributed by atoms with van der Waals surface area (Å²) in [6.07, 6.45) is 0.902. The third-order valence-electron chi connectivity index (χ3n) is 3.55. The van der Waals surface area contributed by atoms with Gasteiger partial charge in [0.25, 0.3) is 0 Å². The number of benzene rings is 1. The van der Waals surface area contributed by atoms with Crippen LogP contribution in [0.5, 0.6) is 0 Å². The van der Waals surface area contributed by atoms with Crippen LogP contribution < -0.4 is 15.1 Å². The fraction of sp³-hybridized carbons (Fsp3) is 0.357. The molecule has 1 aliphatic heterocycles. The van der Waals surface area contributed by atoms with Crippen molar-refractivity contribution in [2.45, 2.75) is 6.42 Å². The van der Waals surface area contributed by atoms with Crippen LogP contribution in [0.3, 0.4) is 0 Å². The summed E-state index contributed by atoms with van der Waals surface area (Å²) in [7, 11) is 1.97. The first-order valence-electron chi connectivity index (χ1n) is 6.95. The molecule has 22 heavy (non-hydrogen) atoms. The topological polar surface area (TPSA) is 61.4 Å². The molecule has 0 radical (unpaired) electrons. The third kappa shape index (κ3) is 3.16. The lowest BCUT2D eigenvalue weighted by Gasteiger charge is -2.25. The number of rotatable bonds is 3. The Bertz CT molecular complexity index is 663. The molecule has 0 spiro atoms. The summed E-state index contributed by atoms with van der Waals surface area (Å²) in [4.78, 5) is 16.1.